The first-order chi connectivity index (χ1) is 21.3. The average molecular weight is 548 g/mol. The summed E-state index contributed by atoms with van der Waals surface area (Å²) in [7, 11) is 0. The Hall–Kier alpha value is -5.80. The van der Waals surface area contributed by atoms with Gasteiger partial charge >= 0.3 is 0 Å². The smallest absolute Gasteiger partial charge is 0.0703 e. The highest BCUT2D eigenvalue weighted by molar-refractivity contribution is 6.22. The van der Waals surface area contributed by atoms with Crippen molar-refractivity contribution in [3.05, 3.63) is 152 Å². The minimum absolute atomic E-state index is 1.00. The number of rotatable bonds is 3. The van der Waals surface area contributed by atoms with Gasteiger partial charge in [0.05, 0.1) is 28.4 Å². The second kappa shape index (κ2) is 9.37. The molecule has 0 saturated carbocycles. The van der Waals surface area contributed by atoms with Crippen LogP contribution in [-0.4, -0.2) is 14.5 Å². The first kappa shape index (κ1) is 23.9. The van der Waals surface area contributed by atoms with Gasteiger partial charge < -0.3 is 4.57 Å². The predicted octanol–water partition coefficient (Wildman–Crippen LogP) is 10.4. The number of hydrogen-bond donors (Lipinski definition) is 0. The van der Waals surface area contributed by atoms with Gasteiger partial charge in [-0.2, -0.15) is 0 Å². The highest BCUT2D eigenvalue weighted by Crippen LogP contribution is 2.44. The van der Waals surface area contributed by atoms with Crippen LogP contribution in [-0.2, 0) is 0 Å². The van der Waals surface area contributed by atoms with Crippen LogP contribution < -0.4 is 0 Å². The Morgan fingerprint density at radius 2 is 1.07 bits per heavy atom. The third kappa shape index (κ3) is 3.62. The third-order valence-corrected chi connectivity index (χ3v) is 8.68. The molecule has 3 nitrogen and oxygen atoms in total. The van der Waals surface area contributed by atoms with E-state index in [1.807, 2.05) is 30.7 Å². The van der Waals surface area contributed by atoms with E-state index in [9.17, 15) is 0 Å². The van der Waals surface area contributed by atoms with Gasteiger partial charge in [0.25, 0.3) is 0 Å². The van der Waals surface area contributed by atoms with Gasteiger partial charge in [-0.3, -0.25) is 9.97 Å². The zero-order chi connectivity index (χ0) is 28.3. The molecule has 200 valence electrons. The topological polar surface area (TPSA) is 30.7 Å². The highest BCUT2D eigenvalue weighted by Gasteiger charge is 2.19. The van der Waals surface area contributed by atoms with Crippen molar-refractivity contribution in [1.82, 2.24) is 14.5 Å². The summed E-state index contributed by atoms with van der Waals surface area (Å²) in [5.41, 5.74) is 9.23. The first-order valence-electron chi connectivity index (χ1n) is 14.6. The summed E-state index contributed by atoms with van der Waals surface area (Å²) in [6.45, 7) is 0. The maximum absolute atomic E-state index is 4.79. The van der Waals surface area contributed by atoms with Crippen LogP contribution in [0.15, 0.2) is 152 Å². The molecule has 0 radical (unpaired) electrons. The lowest BCUT2D eigenvalue weighted by atomic mass is 9.86. The van der Waals surface area contributed by atoms with E-state index in [0.29, 0.717) is 0 Å². The largest absolute Gasteiger partial charge is 0.308 e. The minimum Gasteiger partial charge on any atom is -0.308 e. The standard InChI is InChI=1S/C40H25N3/c1-7-17-36-26(10-1)22-29(25-42-36)43-37-18-8-6-12-30(37)35-23-27(19-20-38(35)43)39-31-13-2-4-15-33(31)40(28-11-9-21-41-24-28)34-16-5-3-14-32(34)39/h1-25H. The lowest BCUT2D eigenvalue weighted by molar-refractivity contribution is 1.16. The van der Waals surface area contributed by atoms with E-state index in [1.165, 1.54) is 60.0 Å². The molecule has 0 amide bonds. The molecule has 0 saturated heterocycles. The summed E-state index contributed by atoms with van der Waals surface area (Å²) in [6.07, 6.45) is 5.79. The summed E-state index contributed by atoms with van der Waals surface area (Å²) in [5, 5.41) is 8.53. The summed E-state index contributed by atoms with van der Waals surface area (Å²) in [4.78, 5) is 9.25. The number of pyridine rings is 2. The zero-order valence-corrected chi connectivity index (χ0v) is 23.3. The molecule has 9 rings (SSSR count). The summed E-state index contributed by atoms with van der Waals surface area (Å²) in [5.74, 6) is 0. The normalized spacial score (nSPS) is 11.7. The van der Waals surface area contributed by atoms with Crippen molar-refractivity contribution in [2.75, 3.05) is 0 Å². The summed E-state index contributed by atoms with van der Waals surface area (Å²) < 4.78 is 2.34. The van der Waals surface area contributed by atoms with E-state index < -0.39 is 0 Å². The second-order valence-corrected chi connectivity index (χ2v) is 11.1. The van der Waals surface area contributed by atoms with Gasteiger partial charge in [0, 0.05) is 34.1 Å². The van der Waals surface area contributed by atoms with E-state index in [1.54, 1.807) is 0 Å². The van der Waals surface area contributed by atoms with Crippen molar-refractivity contribution in [3.8, 4) is 27.9 Å². The maximum Gasteiger partial charge on any atom is 0.0703 e. The molecule has 9 aromatic rings. The van der Waals surface area contributed by atoms with Gasteiger partial charge in [-0.15, -0.1) is 0 Å². The summed E-state index contributed by atoms with van der Waals surface area (Å²) in [6, 6.07) is 47.9. The van der Waals surface area contributed by atoms with Crippen LogP contribution in [0.1, 0.15) is 0 Å². The maximum atomic E-state index is 4.79. The number of hydrogen-bond acceptors (Lipinski definition) is 2. The van der Waals surface area contributed by atoms with Gasteiger partial charge in [-0.1, -0.05) is 97.1 Å². The molecule has 0 aliphatic heterocycles. The highest BCUT2D eigenvalue weighted by atomic mass is 15.0. The van der Waals surface area contributed by atoms with E-state index in [4.69, 9.17) is 4.98 Å². The molecule has 0 unspecified atom stereocenters. The quantitative estimate of drug-likeness (QED) is 0.206. The number of benzene rings is 6. The van der Waals surface area contributed by atoms with Crippen molar-refractivity contribution in [3.63, 3.8) is 0 Å². The molecule has 0 N–H and O–H groups in total. The second-order valence-electron chi connectivity index (χ2n) is 11.1. The number of para-hydroxylation sites is 2. The van der Waals surface area contributed by atoms with E-state index in [-0.39, 0.29) is 0 Å². The fourth-order valence-corrected chi connectivity index (χ4v) is 6.85. The first-order valence-corrected chi connectivity index (χ1v) is 14.6. The molecule has 3 aromatic heterocycles. The van der Waals surface area contributed by atoms with Crippen molar-refractivity contribution >= 4 is 54.3 Å². The molecule has 0 spiro atoms. The molecule has 0 aliphatic rings. The molecule has 0 fully saturated rings. The third-order valence-electron chi connectivity index (χ3n) is 8.68. The van der Waals surface area contributed by atoms with Crippen LogP contribution in [0, 0.1) is 0 Å². The van der Waals surface area contributed by atoms with Crippen molar-refractivity contribution in [1.29, 1.82) is 0 Å². The Labute approximate surface area is 248 Å². The molecule has 0 aliphatic carbocycles. The molecule has 43 heavy (non-hydrogen) atoms. The molecule has 0 bridgehead atoms. The average Bonchev–Trinajstić information content (AvgIpc) is 3.41. The Morgan fingerprint density at radius 1 is 0.442 bits per heavy atom. The van der Waals surface area contributed by atoms with Crippen molar-refractivity contribution in [2.24, 2.45) is 0 Å². The van der Waals surface area contributed by atoms with Crippen molar-refractivity contribution in [2.45, 2.75) is 0 Å². The fraction of sp³-hybridized carbons (Fsp3) is 0. The van der Waals surface area contributed by atoms with Crippen LogP contribution in [0.5, 0.6) is 0 Å². The summed E-state index contributed by atoms with van der Waals surface area (Å²) >= 11 is 0. The Morgan fingerprint density at radius 3 is 1.79 bits per heavy atom. The van der Waals surface area contributed by atoms with Crippen LogP contribution in [0.2, 0.25) is 0 Å². The minimum atomic E-state index is 1.00. The monoisotopic (exact) mass is 547 g/mol. The molecule has 3 heteroatoms. The van der Waals surface area contributed by atoms with Gasteiger partial charge in [-0.25, -0.2) is 0 Å². The molecule has 0 atom stereocenters. The lowest BCUT2D eigenvalue weighted by Crippen LogP contribution is -1.95. The fourth-order valence-electron chi connectivity index (χ4n) is 6.85. The SMILES string of the molecule is c1cncc(-c2c3ccccc3c(-c3ccc4c(c3)c3ccccc3n4-c3cnc4ccccc4c3)c3ccccc23)c1. The molecule has 6 aromatic carbocycles. The van der Waals surface area contributed by atoms with Crippen LogP contribution in [0.4, 0.5) is 0 Å². The van der Waals surface area contributed by atoms with Gasteiger partial charge in [0.1, 0.15) is 0 Å². The van der Waals surface area contributed by atoms with Crippen molar-refractivity contribution < 1.29 is 0 Å². The molecular formula is C40H25N3. The number of fused-ring (bicyclic) bond motifs is 6. The van der Waals surface area contributed by atoms with Crippen LogP contribution >= 0.6 is 0 Å². The Bertz CT molecular complexity index is 2450. The molecule has 3 heterocycles. The van der Waals surface area contributed by atoms with E-state index >= 15 is 0 Å². The van der Waals surface area contributed by atoms with Crippen LogP contribution in [0.25, 0.3) is 82.2 Å². The van der Waals surface area contributed by atoms with Gasteiger partial charge in [0.15, 0.2) is 0 Å². The number of nitrogens with zero attached hydrogens (tertiary/aromatic N) is 3. The molecular weight excluding hydrogens is 522 g/mol. The number of aromatic nitrogens is 3. The Kier molecular flexibility index (Phi) is 5.20. The predicted molar refractivity (Wildman–Crippen MR) is 180 cm³/mol. The van der Waals surface area contributed by atoms with E-state index in [0.717, 1.165) is 22.2 Å². The van der Waals surface area contributed by atoms with Gasteiger partial charge in [0.2, 0.25) is 0 Å². The van der Waals surface area contributed by atoms with Crippen LogP contribution in [0.3, 0.4) is 0 Å². The van der Waals surface area contributed by atoms with Gasteiger partial charge in [-0.05, 0) is 74.6 Å². The lowest BCUT2D eigenvalue weighted by Gasteiger charge is -2.17. The Balaban J connectivity index is 1.35. The zero-order valence-electron chi connectivity index (χ0n) is 23.3. The van der Waals surface area contributed by atoms with E-state index in [2.05, 4.69) is 131 Å².